The molecule has 0 radical (unpaired) electrons. The molecular formula is C28H55NO5. The summed E-state index contributed by atoms with van der Waals surface area (Å²) in [6.45, 7) is 7.36. The molecule has 0 saturated heterocycles. The number of aliphatic carboxylic acids is 1. The number of esters is 1. The molecule has 0 bridgehead atoms. The van der Waals surface area contributed by atoms with E-state index >= 15 is 0 Å². The van der Waals surface area contributed by atoms with Gasteiger partial charge < -0.3 is 19.8 Å². The molecular weight excluding hydrogens is 430 g/mol. The fraction of sp³-hybridized carbons (Fsp3) is 0.929. The fourth-order valence-electron chi connectivity index (χ4n) is 4.26. The van der Waals surface area contributed by atoms with Gasteiger partial charge in [-0.2, -0.15) is 0 Å². The highest BCUT2D eigenvalue weighted by atomic mass is 16.5. The molecule has 202 valence electrons. The summed E-state index contributed by atoms with van der Waals surface area (Å²) in [7, 11) is 0. The smallest absolute Gasteiger partial charge is 0.305 e. The van der Waals surface area contributed by atoms with Gasteiger partial charge in [-0.1, -0.05) is 84.0 Å². The second kappa shape index (κ2) is 25.0. The lowest BCUT2D eigenvalue weighted by atomic mass is 10.1. The van der Waals surface area contributed by atoms with Gasteiger partial charge >= 0.3 is 11.9 Å². The zero-order chi connectivity index (χ0) is 25.3. The third-order valence-electron chi connectivity index (χ3n) is 6.25. The van der Waals surface area contributed by atoms with Crippen LogP contribution in [0.5, 0.6) is 0 Å². The summed E-state index contributed by atoms with van der Waals surface area (Å²) in [6, 6.07) is 0. The van der Waals surface area contributed by atoms with Gasteiger partial charge in [-0.05, 0) is 52.1 Å². The molecule has 2 N–H and O–H groups in total. The lowest BCUT2D eigenvalue weighted by Crippen LogP contribution is -2.32. The Morgan fingerprint density at radius 1 is 0.706 bits per heavy atom. The van der Waals surface area contributed by atoms with E-state index in [1.807, 2.05) is 6.92 Å². The second-order valence-corrected chi connectivity index (χ2v) is 9.92. The van der Waals surface area contributed by atoms with Crippen LogP contribution >= 0.6 is 0 Å². The van der Waals surface area contributed by atoms with Crippen molar-refractivity contribution >= 4 is 11.9 Å². The zero-order valence-electron chi connectivity index (χ0n) is 22.4. The number of aliphatic hydroxyl groups is 1. The van der Waals surface area contributed by atoms with E-state index in [-0.39, 0.29) is 18.5 Å². The monoisotopic (exact) mass is 485 g/mol. The Morgan fingerprint density at radius 3 is 1.71 bits per heavy atom. The van der Waals surface area contributed by atoms with E-state index in [0.29, 0.717) is 19.6 Å². The van der Waals surface area contributed by atoms with Crippen LogP contribution in [0.2, 0.25) is 0 Å². The van der Waals surface area contributed by atoms with Gasteiger partial charge in [0.2, 0.25) is 0 Å². The summed E-state index contributed by atoms with van der Waals surface area (Å²) in [5, 5.41) is 18.4. The molecule has 0 aliphatic heterocycles. The summed E-state index contributed by atoms with van der Waals surface area (Å²) in [5.41, 5.74) is 0. The van der Waals surface area contributed by atoms with Crippen molar-refractivity contribution in [1.82, 2.24) is 4.90 Å². The summed E-state index contributed by atoms with van der Waals surface area (Å²) >= 11 is 0. The highest BCUT2D eigenvalue weighted by molar-refractivity contribution is 5.69. The van der Waals surface area contributed by atoms with Crippen LogP contribution in [0.25, 0.3) is 0 Å². The van der Waals surface area contributed by atoms with Crippen LogP contribution in [0.4, 0.5) is 0 Å². The maximum Gasteiger partial charge on any atom is 0.305 e. The van der Waals surface area contributed by atoms with Crippen LogP contribution in [0.15, 0.2) is 0 Å². The van der Waals surface area contributed by atoms with Crippen molar-refractivity contribution in [2.45, 2.75) is 142 Å². The fourth-order valence-corrected chi connectivity index (χ4v) is 4.26. The number of unbranched alkanes of at least 4 members (excludes halogenated alkanes) is 14. The lowest BCUT2D eigenvalue weighted by Gasteiger charge is -2.23. The first-order valence-electron chi connectivity index (χ1n) is 14.2. The molecule has 0 aliphatic rings. The maximum absolute atomic E-state index is 11.8. The molecule has 0 aromatic carbocycles. The Balaban J connectivity index is 3.61. The third kappa shape index (κ3) is 25.5. The van der Waals surface area contributed by atoms with E-state index in [1.165, 1.54) is 32.1 Å². The number of nitrogens with zero attached hydrogens (tertiary/aromatic N) is 1. The van der Waals surface area contributed by atoms with Gasteiger partial charge in [-0.25, -0.2) is 0 Å². The largest absolute Gasteiger partial charge is 0.481 e. The molecule has 0 aromatic rings. The quantitative estimate of drug-likeness (QED) is 0.104. The van der Waals surface area contributed by atoms with Gasteiger partial charge in [0.25, 0.3) is 0 Å². The standard InChI is InChI=1S/C28H55NO5/c1-3-4-5-6-7-14-19-24-34-28(33)21-16-11-9-13-18-23-29(25-26(2)30)22-17-12-8-10-15-20-27(31)32/h26,30H,3-25H2,1-2H3,(H,31,32). The van der Waals surface area contributed by atoms with E-state index in [9.17, 15) is 14.7 Å². The van der Waals surface area contributed by atoms with Gasteiger partial charge in [0.1, 0.15) is 0 Å². The topological polar surface area (TPSA) is 87.1 Å². The van der Waals surface area contributed by atoms with Gasteiger partial charge in [0, 0.05) is 19.4 Å². The molecule has 0 spiro atoms. The van der Waals surface area contributed by atoms with Gasteiger partial charge in [0.15, 0.2) is 0 Å². The van der Waals surface area contributed by atoms with Crippen molar-refractivity contribution in [3.05, 3.63) is 0 Å². The Morgan fingerprint density at radius 2 is 1.18 bits per heavy atom. The minimum absolute atomic E-state index is 0.0444. The van der Waals surface area contributed by atoms with E-state index in [2.05, 4.69) is 11.8 Å². The Labute approximate surface area is 209 Å². The predicted molar refractivity (Wildman–Crippen MR) is 140 cm³/mol. The number of rotatable bonds is 26. The number of aliphatic hydroxyl groups excluding tert-OH is 1. The molecule has 34 heavy (non-hydrogen) atoms. The number of carbonyl (C=O) groups excluding carboxylic acids is 1. The van der Waals surface area contributed by atoms with Crippen molar-refractivity contribution in [2.24, 2.45) is 0 Å². The van der Waals surface area contributed by atoms with E-state index in [0.717, 1.165) is 90.1 Å². The van der Waals surface area contributed by atoms with Crippen LogP contribution in [0.3, 0.4) is 0 Å². The van der Waals surface area contributed by atoms with Gasteiger partial charge in [0.05, 0.1) is 12.7 Å². The number of hydrogen-bond donors (Lipinski definition) is 2. The summed E-state index contributed by atoms with van der Waals surface area (Å²) in [5.74, 6) is -0.751. The molecule has 6 heteroatoms. The van der Waals surface area contributed by atoms with Crippen molar-refractivity contribution in [3.8, 4) is 0 Å². The highest BCUT2D eigenvalue weighted by Crippen LogP contribution is 2.11. The van der Waals surface area contributed by atoms with Gasteiger partial charge in [-0.3, -0.25) is 9.59 Å². The third-order valence-corrected chi connectivity index (χ3v) is 6.25. The van der Waals surface area contributed by atoms with Crippen LogP contribution < -0.4 is 0 Å². The van der Waals surface area contributed by atoms with E-state index in [1.54, 1.807) is 0 Å². The second-order valence-electron chi connectivity index (χ2n) is 9.92. The van der Waals surface area contributed by atoms with Crippen LogP contribution in [-0.2, 0) is 14.3 Å². The summed E-state index contributed by atoms with van der Waals surface area (Å²) in [6.07, 6.45) is 19.6. The predicted octanol–water partition coefficient (Wildman–Crippen LogP) is 6.73. The molecule has 0 aliphatic carbocycles. The van der Waals surface area contributed by atoms with Crippen molar-refractivity contribution in [3.63, 3.8) is 0 Å². The Hall–Kier alpha value is -1.14. The van der Waals surface area contributed by atoms with Crippen molar-refractivity contribution < 1.29 is 24.5 Å². The lowest BCUT2D eigenvalue weighted by molar-refractivity contribution is -0.144. The van der Waals surface area contributed by atoms with Crippen LogP contribution in [0.1, 0.15) is 136 Å². The minimum atomic E-state index is -0.707. The number of carboxylic acid groups (broad SMARTS) is 1. The first-order chi connectivity index (χ1) is 16.5. The number of carboxylic acids is 1. The van der Waals surface area contributed by atoms with Crippen LogP contribution in [-0.4, -0.2) is 59.4 Å². The average molecular weight is 486 g/mol. The Kier molecular flexibility index (Phi) is 24.1. The SMILES string of the molecule is CCCCCCCCCOC(=O)CCCCCCCN(CCCCCCCC(=O)O)CC(C)O. The number of carbonyl (C=O) groups is 2. The number of ether oxygens (including phenoxy) is 1. The average Bonchev–Trinajstić information content (AvgIpc) is 2.78. The zero-order valence-corrected chi connectivity index (χ0v) is 22.4. The van der Waals surface area contributed by atoms with Crippen molar-refractivity contribution in [2.75, 3.05) is 26.2 Å². The van der Waals surface area contributed by atoms with E-state index < -0.39 is 5.97 Å². The maximum atomic E-state index is 11.8. The molecule has 0 aromatic heterocycles. The molecule has 1 atom stereocenters. The normalized spacial score (nSPS) is 12.2. The molecule has 1 unspecified atom stereocenters. The molecule has 0 heterocycles. The van der Waals surface area contributed by atoms with Crippen LogP contribution in [0, 0.1) is 0 Å². The first kappa shape index (κ1) is 32.9. The summed E-state index contributed by atoms with van der Waals surface area (Å²) in [4.78, 5) is 24.7. The molecule has 0 fully saturated rings. The Bertz CT molecular complexity index is 470. The summed E-state index contributed by atoms with van der Waals surface area (Å²) < 4.78 is 5.35. The van der Waals surface area contributed by atoms with Crippen molar-refractivity contribution in [1.29, 1.82) is 0 Å². The van der Waals surface area contributed by atoms with E-state index in [4.69, 9.17) is 9.84 Å². The highest BCUT2D eigenvalue weighted by Gasteiger charge is 2.08. The van der Waals surface area contributed by atoms with Gasteiger partial charge in [-0.15, -0.1) is 0 Å². The molecule has 0 amide bonds. The first-order valence-corrected chi connectivity index (χ1v) is 14.2. The molecule has 6 nitrogen and oxygen atoms in total. The molecule has 0 saturated carbocycles. The molecule has 0 rings (SSSR count). The minimum Gasteiger partial charge on any atom is -0.481 e. The number of hydrogen-bond acceptors (Lipinski definition) is 5.